The zero-order valence-electron chi connectivity index (χ0n) is 18.1. The minimum absolute atomic E-state index is 0.0385. The molecule has 4 atom stereocenters. The molecule has 3 heterocycles. The Balaban J connectivity index is 1.61. The number of Topliss-reactive ketones (excluding diaryl/α,β-unsaturated/α-hetero) is 1. The number of benzene rings is 1. The summed E-state index contributed by atoms with van der Waals surface area (Å²) in [7, 11) is 0. The van der Waals surface area contributed by atoms with Gasteiger partial charge in [0, 0.05) is 12.0 Å². The Morgan fingerprint density at radius 2 is 1.94 bits per heavy atom. The number of fused-ring (bicyclic) bond motifs is 1. The molecule has 1 saturated heterocycles. The number of hydrogen-bond donors (Lipinski definition) is 2. The summed E-state index contributed by atoms with van der Waals surface area (Å²) in [6.07, 6.45) is -3.43. The normalized spacial score (nSPS) is 22.0. The number of aliphatic hydroxyl groups excluding tert-OH is 1. The highest BCUT2D eigenvalue weighted by Crippen LogP contribution is 2.36. The van der Waals surface area contributed by atoms with Crippen LogP contribution in [0, 0.1) is 0 Å². The number of alkyl halides is 1. The van der Waals surface area contributed by atoms with Gasteiger partial charge in [0.05, 0.1) is 19.4 Å². The number of esters is 1. The summed E-state index contributed by atoms with van der Waals surface area (Å²) in [5.74, 6) is -1.26. The highest BCUT2D eigenvalue weighted by atomic mass is 19.1. The van der Waals surface area contributed by atoms with Crippen molar-refractivity contribution in [3.8, 4) is 0 Å². The van der Waals surface area contributed by atoms with E-state index in [1.54, 1.807) is 30.3 Å². The third kappa shape index (κ3) is 4.77. The predicted molar refractivity (Wildman–Crippen MR) is 115 cm³/mol. The number of aliphatic hydroxyl groups is 1. The molecule has 0 radical (unpaired) electrons. The summed E-state index contributed by atoms with van der Waals surface area (Å²) >= 11 is 0. The molecule has 1 aromatic carbocycles. The second kappa shape index (κ2) is 10.0. The van der Waals surface area contributed by atoms with Gasteiger partial charge < -0.3 is 24.7 Å². The molecule has 2 N–H and O–H groups in total. The van der Waals surface area contributed by atoms with Crippen molar-refractivity contribution in [2.24, 2.45) is 0 Å². The Bertz CT molecular complexity index is 1200. The highest BCUT2D eigenvalue weighted by Gasteiger charge is 2.49. The van der Waals surface area contributed by atoms with Crippen LogP contribution in [0.2, 0.25) is 0 Å². The number of ether oxygens (including phenoxy) is 2. The Labute approximate surface area is 192 Å². The molecule has 4 rings (SSSR count). The zero-order valence-corrected chi connectivity index (χ0v) is 18.1. The van der Waals surface area contributed by atoms with Crippen LogP contribution < -0.4 is 5.32 Å². The maximum atomic E-state index is 14.9. The molecule has 0 aliphatic carbocycles. The van der Waals surface area contributed by atoms with Gasteiger partial charge in [-0.05, 0) is 19.1 Å². The lowest BCUT2D eigenvalue weighted by molar-refractivity contribution is -0.157. The molecule has 1 aliphatic rings. The Hall–Kier alpha value is -3.77. The van der Waals surface area contributed by atoms with Gasteiger partial charge in [-0.3, -0.25) is 14.2 Å². The smallest absolute Gasteiger partial charge is 0.306 e. The van der Waals surface area contributed by atoms with Gasteiger partial charge in [0.25, 0.3) is 5.91 Å². The van der Waals surface area contributed by atoms with Crippen LogP contribution in [-0.4, -0.2) is 67.3 Å². The van der Waals surface area contributed by atoms with E-state index in [1.165, 1.54) is 24.1 Å². The summed E-state index contributed by atoms with van der Waals surface area (Å²) in [5, 5.41) is 12.2. The van der Waals surface area contributed by atoms with E-state index in [2.05, 4.69) is 20.3 Å². The number of halogens is 1. The molecule has 34 heavy (non-hydrogen) atoms. The maximum absolute atomic E-state index is 14.9. The summed E-state index contributed by atoms with van der Waals surface area (Å²) in [6, 6.07) is 8.50. The number of carbonyl (C=O) groups excluding carboxylic acids is 3. The monoisotopic (exact) mass is 471 g/mol. The summed E-state index contributed by atoms with van der Waals surface area (Å²) in [5.41, 5.74) is 0.815. The lowest BCUT2D eigenvalue weighted by atomic mass is 10.1. The van der Waals surface area contributed by atoms with Gasteiger partial charge >= 0.3 is 5.97 Å². The number of hydrogen-bond acceptors (Lipinski definition) is 9. The van der Waals surface area contributed by atoms with Gasteiger partial charge in [-0.2, -0.15) is 0 Å². The molecule has 0 bridgehead atoms. The molecule has 1 fully saturated rings. The van der Waals surface area contributed by atoms with E-state index in [-0.39, 0.29) is 35.6 Å². The van der Waals surface area contributed by atoms with Crippen molar-refractivity contribution in [3.63, 3.8) is 0 Å². The maximum Gasteiger partial charge on any atom is 0.306 e. The molecule has 1 aliphatic heterocycles. The SMILES string of the molecule is CC(=O)CCC(=O)OC1[C@@H](F)[C@@H](CO)O[C@H]1n1cnc2c(NC(=O)c3ccccc3)ncnc21. The molecule has 0 saturated carbocycles. The first kappa shape index (κ1) is 23.4. The summed E-state index contributed by atoms with van der Waals surface area (Å²) in [4.78, 5) is 48.3. The van der Waals surface area contributed by atoms with Crippen molar-refractivity contribution in [1.29, 1.82) is 0 Å². The molecule has 1 unspecified atom stereocenters. The van der Waals surface area contributed by atoms with Gasteiger partial charge in [0.15, 0.2) is 35.5 Å². The number of carbonyl (C=O) groups is 3. The van der Waals surface area contributed by atoms with E-state index in [4.69, 9.17) is 9.47 Å². The molecular weight excluding hydrogens is 449 g/mol. The van der Waals surface area contributed by atoms with E-state index < -0.39 is 43.1 Å². The topological polar surface area (TPSA) is 146 Å². The van der Waals surface area contributed by atoms with Crippen molar-refractivity contribution < 1.29 is 33.4 Å². The first-order chi connectivity index (χ1) is 16.4. The Morgan fingerprint density at radius 3 is 2.65 bits per heavy atom. The minimum atomic E-state index is -1.83. The molecule has 1 amide bonds. The molecular formula is C22H22FN5O6. The van der Waals surface area contributed by atoms with Crippen LogP contribution >= 0.6 is 0 Å². The molecule has 0 spiro atoms. The van der Waals surface area contributed by atoms with Crippen molar-refractivity contribution >= 4 is 34.6 Å². The van der Waals surface area contributed by atoms with Crippen LogP contribution in [-0.2, 0) is 19.1 Å². The molecule has 11 nitrogen and oxygen atoms in total. The third-order valence-electron chi connectivity index (χ3n) is 5.29. The lowest BCUT2D eigenvalue weighted by Crippen LogP contribution is -2.34. The Morgan fingerprint density at radius 1 is 1.18 bits per heavy atom. The van der Waals surface area contributed by atoms with E-state index >= 15 is 0 Å². The number of rotatable bonds is 8. The lowest BCUT2D eigenvalue weighted by Gasteiger charge is -2.21. The fourth-order valence-electron chi connectivity index (χ4n) is 3.58. The zero-order chi connectivity index (χ0) is 24.2. The summed E-state index contributed by atoms with van der Waals surface area (Å²) in [6.45, 7) is 0.694. The predicted octanol–water partition coefficient (Wildman–Crippen LogP) is 1.59. The van der Waals surface area contributed by atoms with Crippen molar-refractivity contribution in [2.45, 2.75) is 44.4 Å². The fourth-order valence-corrected chi connectivity index (χ4v) is 3.58. The molecule has 2 aromatic heterocycles. The quantitative estimate of drug-likeness (QED) is 0.468. The van der Waals surface area contributed by atoms with Gasteiger partial charge in [-0.1, -0.05) is 18.2 Å². The second-order valence-electron chi connectivity index (χ2n) is 7.72. The van der Waals surface area contributed by atoms with Crippen LogP contribution in [0.25, 0.3) is 11.2 Å². The first-order valence-corrected chi connectivity index (χ1v) is 10.5. The van der Waals surface area contributed by atoms with Gasteiger partial charge in [0.2, 0.25) is 0 Å². The molecule has 12 heteroatoms. The number of ketones is 1. The average Bonchev–Trinajstić information content (AvgIpc) is 3.40. The van der Waals surface area contributed by atoms with Gasteiger partial charge in [0.1, 0.15) is 18.2 Å². The van der Waals surface area contributed by atoms with Crippen LogP contribution in [0.3, 0.4) is 0 Å². The van der Waals surface area contributed by atoms with E-state index in [0.717, 1.165) is 0 Å². The van der Waals surface area contributed by atoms with Crippen LogP contribution in [0.4, 0.5) is 10.2 Å². The molecule has 178 valence electrons. The average molecular weight is 471 g/mol. The van der Waals surface area contributed by atoms with E-state index in [1.807, 2.05) is 0 Å². The number of anilines is 1. The fraction of sp³-hybridized carbons (Fsp3) is 0.364. The molecule has 3 aromatic rings. The summed E-state index contributed by atoms with van der Waals surface area (Å²) < 4.78 is 27.2. The standard InChI is InChI=1S/C22H22FN5O6/c1-12(30)7-8-15(31)34-18-16(23)14(9-29)33-22(18)28-11-26-17-19(24-10-25-20(17)28)27-21(32)13-5-3-2-4-6-13/h2-6,10-11,14,16,18,22,29H,7-9H2,1H3,(H,24,25,27,32)/t14-,16+,18?,22-/m1/s1. The van der Waals surface area contributed by atoms with Crippen molar-refractivity contribution in [3.05, 3.63) is 48.5 Å². The van der Waals surface area contributed by atoms with Crippen molar-refractivity contribution in [1.82, 2.24) is 19.5 Å². The number of amides is 1. The Kier molecular flexibility index (Phi) is 6.89. The third-order valence-corrected chi connectivity index (χ3v) is 5.29. The van der Waals surface area contributed by atoms with Gasteiger partial charge in [-0.15, -0.1) is 0 Å². The second-order valence-corrected chi connectivity index (χ2v) is 7.72. The first-order valence-electron chi connectivity index (χ1n) is 10.5. The number of nitrogens with one attached hydrogen (secondary N) is 1. The van der Waals surface area contributed by atoms with Crippen LogP contribution in [0.1, 0.15) is 36.4 Å². The largest absolute Gasteiger partial charge is 0.454 e. The number of nitrogens with zero attached hydrogens (tertiary/aromatic N) is 4. The highest BCUT2D eigenvalue weighted by molar-refractivity contribution is 6.06. The van der Waals surface area contributed by atoms with E-state index in [9.17, 15) is 23.9 Å². The van der Waals surface area contributed by atoms with Crippen LogP contribution in [0.5, 0.6) is 0 Å². The number of imidazole rings is 1. The van der Waals surface area contributed by atoms with Crippen LogP contribution in [0.15, 0.2) is 43.0 Å². The van der Waals surface area contributed by atoms with E-state index in [0.29, 0.717) is 5.56 Å². The van der Waals surface area contributed by atoms with Crippen molar-refractivity contribution in [2.75, 3.05) is 11.9 Å². The number of aromatic nitrogens is 4. The van der Waals surface area contributed by atoms with Gasteiger partial charge in [-0.25, -0.2) is 19.3 Å². The minimum Gasteiger partial charge on any atom is -0.454 e.